The number of anilines is 1. The maximum Gasteiger partial charge on any atom is 0.253 e. The van der Waals surface area contributed by atoms with Crippen LogP contribution in [0.1, 0.15) is 30.3 Å². The van der Waals surface area contributed by atoms with E-state index in [-0.39, 0.29) is 17.5 Å². The van der Waals surface area contributed by atoms with Crippen molar-refractivity contribution in [3.8, 4) is 5.75 Å². The number of methoxy groups -OCH3 is 1. The predicted molar refractivity (Wildman–Crippen MR) is 140 cm³/mol. The molecule has 2 fully saturated rings. The second kappa shape index (κ2) is 10.5. The van der Waals surface area contributed by atoms with E-state index >= 15 is 0 Å². The SMILES string of the molecule is COc1ccc2cc(C(c3nnnn3CC3CCCO3)N3CCN(c4ccccc4F)CC3)c(=O)[nH]c2c1. The maximum absolute atomic E-state index is 14.5. The molecule has 2 aliphatic rings. The van der Waals surface area contributed by atoms with Crippen molar-refractivity contribution in [2.75, 3.05) is 44.8 Å². The Morgan fingerprint density at radius 1 is 1.16 bits per heavy atom. The van der Waals surface area contributed by atoms with Gasteiger partial charge in [-0.2, -0.15) is 0 Å². The summed E-state index contributed by atoms with van der Waals surface area (Å²) >= 11 is 0. The minimum absolute atomic E-state index is 0.0400. The van der Waals surface area contributed by atoms with Gasteiger partial charge in [0.1, 0.15) is 17.6 Å². The number of piperazine rings is 1. The fourth-order valence-corrected chi connectivity index (χ4v) is 5.47. The lowest BCUT2D eigenvalue weighted by Gasteiger charge is -2.39. The highest BCUT2D eigenvalue weighted by atomic mass is 19.1. The first-order chi connectivity index (χ1) is 18.6. The quantitative estimate of drug-likeness (QED) is 0.398. The van der Waals surface area contributed by atoms with Crippen molar-refractivity contribution in [2.45, 2.75) is 31.5 Å². The first-order valence-corrected chi connectivity index (χ1v) is 12.9. The highest BCUT2D eigenvalue weighted by Gasteiger charge is 2.34. The van der Waals surface area contributed by atoms with E-state index in [1.165, 1.54) is 6.07 Å². The largest absolute Gasteiger partial charge is 0.497 e. The molecule has 1 N–H and O–H groups in total. The van der Waals surface area contributed by atoms with E-state index in [0.717, 1.165) is 24.8 Å². The summed E-state index contributed by atoms with van der Waals surface area (Å²) in [6, 6.07) is 13.8. The van der Waals surface area contributed by atoms with Gasteiger partial charge in [-0.3, -0.25) is 9.69 Å². The molecule has 38 heavy (non-hydrogen) atoms. The third-order valence-corrected chi connectivity index (χ3v) is 7.45. The van der Waals surface area contributed by atoms with E-state index in [1.807, 2.05) is 35.2 Å². The van der Waals surface area contributed by atoms with Gasteiger partial charge < -0.3 is 19.4 Å². The molecule has 0 amide bonds. The Hall–Kier alpha value is -3.83. The molecule has 0 aliphatic carbocycles. The number of tetrazole rings is 1. The first kappa shape index (κ1) is 24.5. The van der Waals surface area contributed by atoms with Crippen LogP contribution < -0.4 is 15.2 Å². The predicted octanol–water partition coefficient (Wildman–Crippen LogP) is 2.75. The van der Waals surface area contributed by atoms with Gasteiger partial charge in [0, 0.05) is 44.4 Å². The summed E-state index contributed by atoms with van der Waals surface area (Å²) in [4.78, 5) is 20.8. The van der Waals surface area contributed by atoms with Crippen LogP contribution in [-0.2, 0) is 11.3 Å². The van der Waals surface area contributed by atoms with Crippen molar-refractivity contribution in [2.24, 2.45) is 0 Å². The molecule has 2 aromatic heterocycles. The summed E-state index contributed by atoms with van der Waals surface area (Å²) in [5.41, 5.74) is 1.63. The van der Waals surface area contributed by atoms with Gasteiger partial charge >= 0.3 is 0 Å². The Morgan fingerprint density at radius 3 is 2.76 bits per heavy atom. The van der Waals surface area contributed by atoms with Crippen LogP contribution in [0.15, 0.2) is 53.3 Å². The fraction of sp³-hybridized carbons (Fsp3) is 0.407. The monoisotopic (exact) mass is 519 g/mol. The van der Waals surface area contributed by atoms with Crippen molar-refractivity contribution >= 4 is 16.6 Å². The number of aromatic amines is 1. The number of H-pyrrole nitrogens is 1. The van der Waals surface area contributed by atoms with Crippen LogP contribution in [0, 0.1) is 5.82 Å². The van der Waals surface area contributed by atoms with E-state index in [9.17, 15) is 9.18 Å². The average molecular weight is 520 g/mol. The van der Waals surface area contributed by atoms with E-state index in [4.69, 9.17) is 9.47 Å². The summed E-state index contributed by atoms with van der Waals surface area (Å²) in [6.07, 6.45) is 2.00. The van der Waals surface area contributed by atoms with Crippen LogP contribution in [0.3, 0.4) is 0 Å². The molecule has 0 radical (unpaired) electrons. The molecule has 2 aliphatic heterocycles. The van der Waals surface area contributed by atoms with Gasteiger partial charge in [0.2, 0.25) is 0 Å². The number of ether oxygens (including phenoxy) is 2. The fourth-order valence-electron chi connectivity index (χ4n) is 5.47. The molecular formula is C27H30FN7O3. The van der Waals surface area contributed by atoms with Gasteiger partial charge in [-0.25, -0.2) is 9.07 Å². The zero-order chi connectivity index (χ0) is 26.1. The standard InChI is InChI=1S/C27H30FN7O3/c1-37-19-9-8-18-15-21(27(36)29-23(18)16-19)25(26-30-31-32-35(26)17-20-5-4-14-38-20)34-12-10-33(11-13-34)24-7-3-2-6-22(24)28/h2-3,6-9,15-16,20,25H,4-5,10-14,17H2,1H3,(H,29,36). The summed E-state index contributed by atoms with van der Waals surface area (Å²) < 4.78 is 27.4. The number of hydrogen-bond donors (Lipinski definition) is 1. The van der Waals surface area contributed by atoms with Crippen LogP contribution >= 0.6 is 0 Å². The van der Waals surface area contributed by atoms with Crippen LogP contribution in [0.25, 0.3) is 10.9 Å². The number of nitrogens with zero attached hydrogens (tertiary/aromatic N) is 6. The Bertz CT molecular complexity index is 1480. The van der Waals surface area contributed by atoms with Gasteiger partial charge in [-0.1, -0.05) is 12.1 Å². The number of benzene rings is 2. The summed E-state index contributed by atoms with van der Waals surface area (Å²) in [7, 11) is 1.60. The Kier molecular flexibility index (Phi) is 6.77. The van der Waals surface area contributed by atoms with Crippen molar-refractivity contribution < 1.29 is 13.9 Å². The number of rotatable bonds is 7. The smallest absolute Gasteiger partial charge is 0.253 e. The normalized spacial score (nSPS) is 19.2. The summed E-state index contributed by atoms with van der Waals surface area (Å²) in [6.45, 7) is 3.67. The number of para-hydroxylation sites is 1. The molecule has 10 nitrogen and oxygen atoms in total. The van der Waals surface area contributed by atoms with E-state index in [0.29, 0.717) is 61.1 Å². The number of pyridine rings is 1. The third-order valence-electron chi connectivity index (χ3n) is 7.45. The van der Waals surface area contributed by atoms with Crippen molar-refractivity contribution in [1.29, 1.82) is 0 Å². The number of fused-ring (bicyclic) bond motifs is 1. The first-order valence-electron chi connectivity index (χ1n) is 12.9. The van der Waals surface area contributed by atoms with Crippen molar-refractivity contribution in [3.05, 3.63) is 76.1 Å². The minimum atomic E-state index is -0.482. The second-order valence-electron chi connectivity index (χ2n) is 9.74. The molecule has 11 heteroatoms. The topological polar surface area (TPSA) is 101 Å². The molecule has 4 heterocycles. The Balaban J connectivity index is 1.37. The molecule has 4 aromatic rings. The summed E-state index contributed by atoms with van der Waals surface area (Å²) in [5, 5.41) is 13.5. The Morgan fingerprint density at radius 2 is 2.00 bits per heavy atom. The number of nitrogens with one attached hydrogen (secondary N) is 1. The molecule has 0 bridgehead atoms. The van der Waals surface area contributed by atoms with Crippen LogP contribution in [0.4, 0.5) is 10.1 Å². The van der Waals surface area contributed by atoms with Crippen LogP contribution in [0.5, 0.6) is 5.75 Å². The lowest BCUT2D eigenvalue weighted by molar-refractivity contribution is 0.0906. The maximum atomic E-state index is 14.5. The molecule has 198 valence electrons. The van der Waals surface area contributed by atoms with Crippen molar-refractivity contribution in [3.63, 3.8) is 0 Å². The van der Waals surface area contributed by atoms with E-state index in [2.05, 4.69) is 25.4 Å². The second-order valence-corrected chi connectivity index (χ2v) is 9.74. The number of halogens is 1. The number of aromatic nitrogens is 5. The van der Waals surface area contributed by atoms with Gasteiger partial charge in [-0.15, -0.1) is 5.10 Å². The molecular weight excluding hydrogens is 489 g/mol. The van der Waals surface area contributed by atoms with Crippen LogP contribution in [0.2, 0.25) is 0 Å². The van der Waals surface area contributed by atoms with Gasteiger partial charge in [0.15, 0.2) is 5.82 Å². The molecule has 2 atom stereocenters. The average Bonchev–Trinajstić information content (AvgIpc) is 3.62. The number of hydrogen-bond acceptors (Lipinski definition) is 8. The minimum Gasteiger partial charge on any atom is -0.497 e. The van der Waals surface area contributed by atoms with Crippen molar-refractivity contribution in [1.82, 2.24) is 30.1 Å². The Labute approximate surface area is 219 Å². The summed E-state index contributed by atoms with van der Waals surface area (Å²) in [5.74, 6) is 1.03. The highest BCUT2D eigenvalue weighted by Crippen LogP contribution is 2.30. The molecule has 6 rings (SSSR count). The van der Waals surface area contributed by atoms with Crippen LogP contribution in [-0.4, -0.2) is 76.1 Å². The third kappa shape index (κ3) is 4.74. The molecule has 0 saturated carbocycles. The van der Waals surface area contributed by atoms with Gasteiger partial charge in [0.05, 0.1) is 31.0 Å². The van der Waals surface area contributed by atoms with E-state index < -0.39 is 6.04 Å². The lowest BCUT2D eigenvalue weighted by Crippen LogP contribution is -2.49. The van der Waals surface area contributed by atoms with Gasteiger partial charge in [-0.05, 0) is 59.0 Å². The lowest BCUT2D eigenvalue weighted by atomic mass is 10.0. The molecule has 2 saturated heterocycles. The van der Waals surface area contributed by atoms with E-state index in [1.54, 1.807) is 23.9 Å². The molecule has 2 unspecified atom stereocenters. The highest BCUT2D eigenvalue weighted by molar-refractivity contribution is 5.80. The zero-order valence-electron chi connectivity index (χ0n) is 21.2. The molecule has 2 aromatic carbocycles. The zero-order valence-corrected chi connectivity index (χ0v) is 21.2. The molecule has 0 spiro atoms. The van der Waals surface area contributed by atoms with Gasteiger partial charge in [0.25, 0.3) is 5.56 Å².